The highest BCUT2D eigenvalue weighted by molar-refractivity contribution is 5.39. The predicted molar refractivity (Wildman–Crippen MR) is 69.1 cm³/mol. The molecular formula is C15H21NO. The lowest BCUT2D eigenvalue weighted by Gasteiger charge is -2.40. The minimum atomic E-state index is 0.0707. The van der Waals surface area contributed by atoms with E-state index in [1.54, 1.807) is 0 Å². The molecule has 2 N–H and O–H groups in total. The summed E-state index contributed by atoms with van der Waals surface area (Å²) in [6.07, 6.45) is 7.32. The maximum absolute atomic E-state index is 6.35. The van der Waals surface area contributed by atoms with Gasteiger partial charge in [-0.25, -0.2) is 0 Å². The Labute approximate surface area is 103 Å². The van der Waals surface area contributed by atoms with Crippen LogP contribution in [0.1, 0.15) is 37.7 Å². The van der Waals surface area contributed by atoms with Crippen molar-refractivity contribution in [2.45, 2.75) is 44.1 Å². The predicted octanol–water partition coefficient (Wildman–Crippen LogP) is 2.90. The van der Waals surface area contributed by atoms with Gasteiger partial charge in [0.2, 0.25) is 0 Å². The molecule has 3 rings (SSSR count). The van der Waals surface area contributed by atoms with Gasteiger partial charge >= 0.3 is 0 Å². The van der Waals surface area contributed by atoms with Crippen LogP contribution in [-0.2, 0) is 6.42 Å². The van der Waals surface area contributed by atoms with E-state index in [-0.39, 0.29) is 5.60 Å². The molecule has 2 atom stereocenters. The number of rotatable bonds is 2. The molecule has 2 nitrogen and oxygen atoms in total. The fraction of sp³-hybridized carbons (Fsp3) is 0.600. The molecule has 2 unspecified atom stereocenters. The highest BCUT2D eigenvalue weighted by atomic mass is 16.5. The lowest BCUT2D eigenvalue weighted by molar-refractivity contribution is -0.00769. The van der Waals surface area contributed by atoms with Crippen molar-refractivity contribution in [2.24, 2.45) is 11.7 Å². The van der Waals surface area contributed by atoms with Gasteiger partial charge in [-0.05, 0) is 43.9 Å². The molecule has 0 amide bonds. The third kappa shape index (κ3) is 1.85. The molecule has 1 heterocycles. The Bertz CT molecular complexity index is 375. The second-order valence-electron chi connectivity index (χ2n) is 5.47. The average Bonchev–Trinajstić information content (AvgIpc) is 2.71. The van der Waals surface area contributed by atoms with Gasteiger partial charge in [0.05, 0.1) is 0 Å². The van der Waals surface area contributed by atoms with Crippen molar-refractivity contribution in [3.8, 4) is 5.75 Å². The number of ether oxygens (including phenoxy) is 1. The van der Waals surface area contributed by atoms with Crippen LogP contribution in [0.15, 0.2) is 24.3 Å². The minimum Gasteiger partial charge on any atom is -0.486 e. The second-order valence-corrected chi connectivity index (χ2v) is 5.47. The molecule has 1 aromatic carbocycles. The highest BCUT2D eigenvalue weighted by Crippen LogP contribution is 2.47. The van der Waals surface area contributed by atoms with Gasteiger partial charge in [-0.2, -0.15) is 0 Å². The van der Waals surface area contributed by atoms with Gasteiger partial charge in [0, 0.05) is 12.3 Å². The summed E-state index contributed by atoms with van der Waals surface area (Å²) in [5.74, 6) is 1.75. The Morgan fingerprint density at radius 1 is 1.29 bits per heavy atom. The first kappa shape index (κ1) is 11.1. The zero-order chi connectivity index (χ0) is 11.7. The smallest absolute Gasteiger partial charge is 0.123 e. The van der Waals surface area contributed by atoms with E-state index in [0.29, 0.717) is 5.92 Å². The molecule has 17 heavy (non-hydrogen) atoms. The van der Waals surface area contributed by atoms with E-state index in [1.807, 2.05) is 0 Å². The van der Waals surface area contributed by atoms with Crippen molar-refractivity contribution in [1.29, 1.82) is 0 Å². The first-order valence-corrected chi connectivity index (χ1v) is 6.81. The van der Waals surface area contributed by atoms with E-state index in [0.717, 1.165) is 25.1 Å². The molecular weight excluding hydrogens is 210 g/mol. The SMILES string of the molecule is NCCC1CCCCC12Cc1ccccc1O2. The molecule has 2 aliphatic rings. The van der Waals surface area contributed by atoms with Crippen LogP contribution in [0.25, 0.3) is 0 Å². The lowest BCUT2D eigenvalue weighted by atomic mass is 9.72. The maximum atomic E-state index is 6.35. The van der Waals surface area contributed by atoms with Crippen molar-refractivity contribution in [1.82, 2.24) is 0 Å². The molecule has 92 valence electrons. The number of hydrogen-bond acceptors (Lipinski definition) is 2. The standard InChI is InChI=1S/C15H21NO/c16-10-8-13-6-3-4-9-15(13)11-12-5-1-2-7-14(12)17-15/h1-2,5,7,13H,3-4,6,8-11,16H2. The zero-order valence-electron chi connectivity index (χ0n) is 10.3. The minimum absolute atomic E-state index is 0.0707. The number of fused-ring (bicyclic) bond motifs is 1. The summed E-state index contributed by atoms with van der Waals surface area (Å²) < 4.78 is 6.35. The van der Waals surface area contributed by atoms with Gasteiger partial charge in [-0.1, -0.05) is 24.6 Å². The van der Waals surface area contributed by atoms with E-state index in [1.165, 1.54) is 31.2 Å². The van der Waals surface area contributed by atoms with E-state index in [2.05, 4.69) is 24.3 Å². The summed E-state index contributed by atoms with van der Waals surface area (Å²) in [6.45, 7) is 0.784. The van der Waals surface area contributed by atoms with Crippen molar-refractivity contribution in [3.63, 3.8) is 0 Å². The number of hydrogen-bond donors (Lipinski definition) is 1. The summed E-state index contributed by atoms with van der Waals surface area (Å²) in [7, 11) is 0. The van der Waals surface area contributed by atoms with Gasteiger partial charge in [0.15, 0.2) is 0 Å². The fourth-order valence-corrected chi connectivity index (χ4v) is 3.58. The molecule has 0 radical (unpaired) electrons. The third-order valence-electron chi connectivity index (χ3n) is 4.44. The molecule has 2 heteroatoms. The average molecular weight is 231 g/mol. The summed E-state index contributed by atoms with van der Waals surface area (Å²) in [6, 6.07) is 8.50. The van der Waals surface area contributed by atoms with E-state index in [9.17, 15) is 0 Å². The third-order valence-corrected chi connectivity index (χ3v) is 4.44. The highest BCUT2D eigenvalue weighted by Gasteiger charge is 2.46. The molecule has 0 aromatic heterocycles. The Balaban J connectivity index is 1.87. The Morgan fingerprint density at radius 2 is 2.18 bits per heavy atom. The second kappa shape index (κ2) is 4.34. The zero-order valence-corrected chi connectivity index (χ0v) is 10.3. The molecule has 1 aliphatic heterocycles. The van der Waals surface area contributed by atoms with Crippen molar-refractivity contribution < 1.29 is 4.74 Å². The van der Waals surface area contributed by atoms with Crippen LogP contribution in [0.4, 0.5) is 0 Å². The number of nitrogens with two attached hydrogens (primary N) is 1. The molecule has 1 spiro atoms. The van der Waals surface area contributed by atoms with Crippen molar-refractivity contribution >= 4 is 0 Å². The van der Waals surface area contributed by atoms with Crippen LogP contribution in [0.5, 0.6) is 5.75 Å². The van der Waals surface area contributed by atoms with Gasteiger partial charge < -0.3 is 10.5 Å². The van der Waals surface area contributed by atoms with Crippen LogP contribution >= 0.6 is 0 Å². The van der Waals surface area contributed by atoms with Crippen LogP contribution in [0.3, 0.4) is 0 Å². The summed E-state index contributed by atoms with van der Waals surface area (Å²) in [5.41, 5.74) is 7.22. The number of para-hydroxylation sites is 1. The summed E-state index contributed by atoms with van der Waals surface area (Å²) in [4.78, 5) is 0. The quantitative estimate of drug-likeness (QED) is 0.849. The van der Waals surface area contributed by atoms with Crippen LogP contribution < -0.4 is 10.5 Å². The first-order chi connectivity index (χ1) is 8.34. The monoisotopic (exact) mass is 231 g/mol. The first-order valence-electron chi connectivity index (χ1n) is 6.81. The maximum Gasteiger partial charge on any atom is 0.123 e. The van der Waals surface area contributed by atoms with E-state index < -0.39 is 0 Å². The summed E-state index contributed by atoms with van der Waals surface area (Å²) >= 11 is 0. The normalized spacial score (nSPS) is 31.2. The van der Waals surface area contributed by atoms with Crippen LogP contribution in [-0.4, -0.2) is 12.1 Å². The van der Waals surface area contributed by atoms with Crippen LogP contribution in [0.2, 0.25) is 0 Å². The van der Waals surface area contributed by atoms with Crippen molar-refractivity contribution in [2.75, 3.05) is 6.54 Å². The van der Waals surface area contributed by atoms with Gasteiger partial charge in [0.25, 0.3) is 0 Å². The number of benzene rings is 1. The Morgan fingerprint density at radius 3 is 3.00 bits per heavy atom. The molecule has 0 bridgehead atoms. The Kier molecular flexibility index (Phi) is 2.83. The summed E-state index contributed by atoms with van der Waals surface area (Å²) in [5, 5.41) is 0. The topological polar surface area (TPSA) is 35.2 Å². The molecule has 1 saturated carbocycles. The fourth-order valence-electron chi connectivity index (χ4n) is 3.58. The largest absolute Gasteiger partial charge is 0.486 e. The van der Waals surface area contributed by atoms with Crippen LogP contribution in [0, 0.1) is 5.92 Å². The van der Waals surface area contributed by atoms with Crippen molar-refractivity contribution in [3.05, 3.63) is 29.8 Å². The van der Waals surface area contributed by atoms with E-state index >= 15 is 0 Å². The molecule has 1 fully saturated rings. The lowest BCUT2D eigenvalue weighted by Crippen LogP contribution is -2.45. The molecule has 1 aromatic rings. The Hall–Kier alpha value is -1.02. The molecule has 1 aliphatic carbocycles. The van der Waals surface area contributed by atoms with Gasteiger partial charge in [0.1, 0.15) is 11.4 Å². The van der Waals surface area contributed by atoms with Gasteiger partial charge in [-0.15, -0.1) is 0 Å². The van der Waals surface area contributed by atoms with E-state index in [4.69, 9.17) is 10.5 Å². The molecule has 0 saturated heterocycles. The van der Waals surface area contributed by atoms with Gasteiger partial charge in [-0.3, -0.25) is 0 Å².